The molecule has 0 saturated carbocycles. The van der Waals surface area contributed by atoms with Crippen molar-refractivity contribution in [2.45, 2.75) is 25.3 Å². The van der Waals surface area contributed by atoms with Gasteiger partial charge >= 0.3 is 5.97 Å². The minimum Gasteiger partial charge on any atom is -0.480 e. The first kappa shape index (κ1) is 11.6. The fourth-order valence-electron chi connectivity index (χ4n) is 2.31. The summed E-state index contributed by atoms with van der Waals surface area (Å²) in [5.74, 6) is -1.36. The largest absolute Gasteiger partial charge is 0.480 e. The molecule has 0 aliphatic carbocycles. The third-order valence-corrected chi connectivity index (χ3v) is 3.30. The quantitative estimate of drug-likeness (QED) is 0.839. The molecule has 1 N–H and O–H groups in total. The lowest BCUT2D eigenvalue weighted by atomic mass is 9.94. The van der Waals surface area contributed by atoms with Gasteiger partial charge in [-0.15, -0.1) is 0 Å². The van der Waals surface area contributed by atoms with E-state index in [0.717, 1.165) is 11.1 Å². The van der Waals surface area contributed by atoms with E-state index in [1.807, 2.05) is 31.2 Å². The Morgan fingerprint density at radius 2 is 2.18 bits per heavy atom. The Bertz CT molecular complexity index is 469. The second kappa shape index (κ2) is 4.20. The number of aryl methyl sites for hydroxylation is 1. The molecule has 1 amide bonds. The van der Waals surface area contributed by atoms with E-state index in [-0.39, 0.29) is 11.8 Å². The van der Waals surface area contributed by atoms with Crippen LogP contribution in [-0.2, 0) is 9.59 Å². The van der Waals surface area contributed by atoms with Crippen LogP contribution in [0.1, 0.15) is 23.5 Å². The fourth-order valence-corrected chi connectivity index (χ4v) is 2.31. The van der Waals surface area contributed by atoms with Crippen LogP contribution in [-0.4, -0.2) is 35.0 Å². The van der Waals surface area contributed by atoms with Gasteiger partial charge in [0.1, 0.15) is 6.04 Å². The molecule has 2 atom stereocenters. The molecule has 0 bridgehead atoms. The fraction of sp³-hybridized carbons (Fsp3) is 0.385. The molecule has 2 unspecified atom stereocenters. The molecule has 90 valence electrons. The number of carbonyl (C=O) groups excluding carboxylic acids is 1. The van der Waals surface area contributed by atoms with Crippen molar-refractivity contribution >= 4 is 11.9 Å². The van der Waals surface area contributed by atoms with Crippen molar-refractivity contribution in [3.63, 3.8) is 0 Å². The number of aliphatic carboxylic acids is 1. The van der Waals surface area contributed by atoms with Gasteiger partial charge in [-0.25, -0.2) is 4.79 Å². The molecule has 4 nitrogen and oxygen atoms in total. The predicted molar refractivity (Wildman–Crippen MR) is 62.7 cm³/mol. The summed E-state index contributed by atoms with van der Waals surface area (Å²) in [6, 6.07) is 6.98. The van der Waals surface area contributed by atoms with Crippen LogP contribution in [0.25, 0.3) is 0 Å². The van der Waals surface area contributed by atoms with Crippen molar-refractivity contribution in [3.8, 4) is 0 Å². The van der Waals surface area contributed by atoms with Gasteiger partial charge in [0.25, 0.3) is 0 Å². The molecule has 1 aliphatic rings. The summed E-state index contributed by atoms with van der Waals surface area (Å²) in [6.07, 6.45) is 0.355. The van der Waals surface area contributed by atoms with E-state index < -0.39 is 12.0 Å². The second-order valence-corrected chi connectivity index (χ2v) is 4.51. The molecule has 1 fully saturated rings. The molecule has 1 aliphatic heterocycles. The molecule has 1 heterocycles. The van der Waals surface area contributed by atoms with E-state index in [4.69, 9.17) is 5.11 Å². The van der Waals surface area contributed by atoms with Crippen LogP contribution in [0, 0.1) is 6.92 Å². The number of likely N-dealkylation sites (N-methyl/N-ethyl adjacent to an activating group) is 1. The summed E-state index contributed by atoms with van der Waals surface area (Å²) in [7, 11) is 1.55. The van der Waals surface area contributed by atoms with Crippen molar-refractivity contribution < 1.29 is 14.7 Å². The Kier molecular flexibility index (Phi) is 2.88. The third kappa shape index (κ3) is 2.02. The number of carboxylic acid groups (broad SMARTS) is 1. The van der Waals surface area contributed by atoms with Gasteiger partial charge in [0.15, 0.2) is 0 Å². The van der Waals surface area contributed by atoms with Crippen LogP contribution >= 0.6 is 0 Å². The van der Waals surface area contributed by atoms with E-state index in [1.54, 1.807) is 7.05 Å². The van der Waals surface area contributed by atoms with Crippen LogP contribution in [0.3, 0.4) is 0 Å². The highest BCUT2D eigenvalue weighted by atomic mass is 16.4. The summed E-state index contributed by atoms with van der Waals surface area (Å²) in [5, 5.41) is 9.03. The monoisotopic (exact) mass is 233 g/mol. The maximum Gasteiger partial charge on any atom is 0.326 e. The average molecular weight is 233 g/mol. The minimum atomic E-state index is -0.934. The molecule has 0 aromatic heterocycles. The van der Waals surface area contributed by atoms with Crippen LogP contribution in [0.5, 0.6) is 0 Å². The van der Waals surface area contributed by atoms with E-state index in [9.17, 15) is 9.59 Å². The highest BCUT2D eigenvalue weighted by Crippen LogP contribution is 2.32. The van der Waals surface area contributed by atoms with Crippen LogP contribution < -0.4 is 0 Å². The molecule has 17 heavy (non-hydrogen) atoms. The number of carboxylic acids is 1. The van der Waals surface area contributed by atoms with Crippen molar-refractivity contribution in [3.05, 3.63) is 35.4 Å². The number of nitrogens with zero attached hydrogens (tertiary/aromatic N) is 1. The highest BCUT2D eigenvalue weighted by molar-refractivity contribution is 5.92. The molecule has 0 spiro atoms. The first-order valence-corrected chi connectivity index (χ1v) is 5.56. The zero-order valence-electron chi connectivity index (χ0n) is 9.88. The van der Waals surface area contributed by atoms with Gasteiger partial charge in [-0.2, -0.15) is 0 Å². The minimum absolute atomic E-state index is 0.108. The average Bonchev–Trinajstić information content (AvgIpc) is 2.56. The smallest absolute Gasteiger partial charge is 0.326 e. The summed E-state index contributed by atoms with van der Waals surface area (Å²) in [4.78, 5) is 24.3. The maximum atomic E-state index is 12.0. The zero-order valence-corrected chi connectivity index (χ0v) is 9.88. The van der Waals surface area contributed by atoms with E-state index in [1.165, 1.54) is 4.90 Å². The second-order valence-electron chi connectivity index (χ2n) is 4.51. The van der Waals surface area contributed by atoms with Crippen molar-refractivity contribution in [2.24, 2.45) is 0 Å². The third-order valence-electron chi connectivity index (χ3n) is 3.30. The lowest BCUT2D eigenvalue weighted by Gasteiger charge is -2.14. The number of hydrogen-bond donors (Lipinski definition) is 1. The Morgan fingerprint density at radius 1 is 1.47 bits per heavy atom. The molecule has 1 saturated heterocycles. The van der Waals surface area contributed by atoms with Gasteiger partial charge in [0.2, 0.25) is 5.91 Å². The van der Waals surface area contributed by atoms with Gasteiger partial charge < -0.3 is 10.0 Å². The number of hydrogen-bond acceptors (Lipinski definition) is 2. The summed E-state index contributed by atoms with van der Waals surface area (Å²) < 4.78 is 0. The lowest BCUT2D eigenvalue weighted by Crippen LogP contribution is -2.35. The number of benzene rings is 1. The number of amides is 1. The van der Waals surface area contributed by atoms with Crippen LogP contribution in [0.4, 0.5) is 0 Å². The zero-order chi connectivity index (χ0) is 12.6. The first-order chi connectivity index (χ1) is 8.00. The van der Waals surface area contributed by atoms with Crippen molar-refractivity contribution in [1.82, 2.24) is 4.90 Å². The standard InChI is InChI=1S/C13H15NO3/c1-8-4-3-5-9(6-8)10-7-11(13(16)17)14(2)12(10)15/h3-6,10-11H,7H2,1-2H3,(H,16,17). The Labute approximate surface area is 99.9 Å². The van der Waals surface area contributed by atoms with Crippen molar-refractivity contribution in [2.75, 3.05) is 7.05 Å². The summed E-state index contributed by atoms with van der Waals surface area (Å²) in [5.41, 5.74) is 1.99. The first-order valence-electron chi connectivity index (χ1n) is 5.56. The Morgan fingerprint density at radius 3 is 2.71 bits per heavy atom. The molecule has 1 aromatic rings. The number of carbonyl (C=O) groups is 2. The molecule has 1 aromatic carbocycles. The molecule has 4 heteroatoms. The topological polar surface area (TPSA) is 57.6 Å². The van der Waals surface area contributed by atoms with E-state index in [0.29, 0.717) is 6.42 Å². The maximum absolute atomic E-state index is 12.0. The highest BCUT2D eigenvalue weighted by Gasteiger charge is 2.41. The lowest BCUT2D eigenvalue weighted by molar-refractivity contribution is -0.145. The molecule has 2 rings (SSSR count). The summed E-state index contributed by atoms with van der Waals surface area (Å²) in [6.45, 7) is 1.96. The van der Waals surface area contributed by atoms with E-state index >= 15 is 0 Å². The van der Waals surface area contributed by atoms with Gasteiger partial charge in [0, 0.05) is 7.05 Å². The van der Waals surface area contributed by atoms with Crippen molar-refractivity contribution in [1.29, 1.82) is 0 Å². The van der Waals surface area contributed by atoms with E-state index in [2.05, 4.69) is 0 Å². The van der Waals surface area contributed by atoms with Gasteiger partial charge in [-0.05, 0) is 18.9 Å². The number of rotatable bonds is 2. The van der Waals surface area contributed by atoms with Crippen LogP contribution in [0.15, 0.2) is 24.3 Å². The van der Waals surface area contributed by atoms with Gasteiger partial charge in [-0.1, -0.05) is 29.8 Å². The Hall–Kier alpha value is -1.84. The van der Waals surface area contributed by atoms with Gasteiger partial charge in [-0.3, -0.25) is 4.79 Å². The Balaban J connectivity index is 2.30. The van der Waals surface area contributed by atoms with Crippen LogP contribution in [0.2, 0.25) is 0 Å². The number of likely N-dealkylation sites (tertiary alicyclic amines) is 1. The van der Waals surface area contributed by atoms with Gasteiger partial charge in [0.05, 0.1) is 5.92 Å². The normalized spacial score (nSPS) is 24.1. The SMILES string of the molecule is Cc1cccc(C2CC(C(=O)O)N(C)C2=O)c1. The molecule has 0 radical (unpaired) electrons. The molecular weight excluding hydrogens is 218 g/mol. The summed E-state index contributed by atoms with van der Waals surface area (Å²) >= 11 is 0. The predicted octanol–water partition coefficient (Wildman–Crippen LogP) is 1.39. The molecular formula is C13H15NO3.